The topological polar surface area (TPSA) is 40.5 Å². The molecule has 0 amide bonds. The van der Waals surface area contributed by atoms with E-state index in [-0.39, 0.29) is 16.5 Å². The van der Waals surface area contributed by atoms with Crippen LogP contribution in [0.2, 0.25) is 0 Å². The van der Waals surface area contributed by atoms with Gasteiger partial charge in [-0.2, -0.15) is 0 Å². The largest absolute Gasteiger partial charge is 0.338 e. The molecular formula is C3H7NiO2PS2. The SMILES string of the molecule is C=CCSP(O)(O)=S.[Ni]. The second kappa shape index (κ2) is 5.90. The van der Waals surface area contributed by atoms with Crippen LogP contribution < -0.4 is 0 Å². The zero-order valence-corrected chi connectivity index (χ0v) is 7.98. The van der Waals surface area contributed by atoms with Gasteiger partial charge in [-0.3, -0.25) is 0 Å². The van der Waals surface area contributed by atoms with Crippen LogP contribution in [0.3, 0.4) is 0 Å². The first kappa shape index (κ1) is 12.8. The second-order valence-corrected chi connectivity index (χ2v) is 7.17. The molecule has 0 radical (unpaired) electrons. The van der Waals surface area contributed by atoms with Crippen molar-refractivity contribution in [1.82, 2.24) is 0 Å². The summed E-state index contributed by atoms with van der Waals surface area (Å²) < 4.78 is 0. The fourth-order valence-electron chi connectivity index (χ4n) is 0.150. The standard InChI is InChI=1S/C3H7O2PS2.Ni/c1-2-3-8-6(4,5)7;/h2H,1,3H2,(H2,4,5,7);. The third kappa shape index (κ3) is 12.4. The van der Waals surface area contributed by atoms with Crippen LogP contribution >= 0.6 is 17.1 Å². The maximum atomic E-state index is 8.55. The predicted octanol–water partition coefficient (Wildman–Crippen LogP) is 1.11. The zero-order chi connectivity index (χ0) is 6.62. The summed E-state index contributed by atoms with van der Waals surface area (Å²) in [7, 11) is 0. The molecule has 0 aromatic heterocycles. The summed E-state index contributed by atoms with van der Waals surface area (Å²) in [4.78, 5) is 17.1. The maximum absolute atomic E-state index is 8.55. The first-order valence-corrected chi connectivity index (χ1v) is 6.17. The van der Waals surface area contributed by atoms with Gasteiger partial charge in [-0.25, -0.2) is 0 Å². The van der Waals surface area contributed by atoms with E-state index in [0.29, 0.717) is 5.75 Å². The first-order chi connectivity index (χ1) is 3.56. The summed E-state index contributed by atoms with van der Waals surface area (Å²) in [5.41, 5.74) is -3.00. The minimum atomic E-state index is -3.00. The van der Waals surface area contributed by atoms with Crippen molar-refractivity contribution in [2.24, 2.45) is 0 Å². The molecule has 0 aliphatic heterocycles. The van der Waals surface area contributed by atoms with Crippen molar-refractivity contribution in [2.75, 3.05) is 5.75 Å². The molecule has 0 spiro atoms. The van der Waals surface area contributed by atoms with Crippen molar-refractivity contribution in [3.8, 4) is 0 Å². The van der Waals surface area contributed by atoms with Gasteiger partial charge in [0.1, 0.15) is 0 Å². The van der Waals surface area contributed by atoms with Crippen LogP contribution in [0.5, 0.6) is 0 Å². The summed E-state index contributed by atoms with van der Waals surface area (Å²) in [6.45, 7) is 3.39. The van der Waals surface area contributed by atoms with Crippen LogP contribution in [-0.4, -0.2) is 15.5 Å². The Morgan fingerprint density at radius 3 is 2.22 bits per heavy atom. The summed E-state index contributed by atoms with van der Waals surface area (Å²) in [5, 5.41) is 0. The van der Waals surface area contributed by atoms with Gasteiger partial charge in [-0.1, -0.05) is 17.5 Å². The van der Waals surface area contributed by atoms with E-state index in [0.717, 1.165) is 11.4 Å². The minimum absolute atomic E-state index is 0. The van der Waals surface area contributed by atoms with Crippen LogP contribution in [0, 0.1) is 0 Å². The fraction of sp³-hybridized carbons (Fsp3) is 0.333. The van der Waals surface area contributed by atoms with Crippen LogP contribution in [0.15, 0.2) is 12.7 Å². The van der Waals surface area contributed by atoms with Gasteiger partial charge in [-0.05, 0) is 11.8 Å². The normalized spacial score (nSPS) is 10.0. The molecule has 6 heteroatoms. The molecule has 0 atom stereocenters. The van der Waals surface area contributed by atoms with Gasteiger partial charge in [0.25, 0.3) is 0 Å². The Kier molecular flexibility index (Phi) is 8.39. The van der Waals surface area contributed by atoms with E-state index in [1.54, 1.807) is 6.08 Å². The first-order valence-electron chi connectivity index (χ1n) is 1.87. The molecule has 0 fully saturated rings. The Bertz CT molecular complexity index is 123. The molecule has 0 aliphatic rings. The fourth-order valence-corrected chi connectivity index (χ4v) is 1.90. The van der Waals surface area contributed by atoms with Crippen LogP contribution in [0.25, 0.3) is 0 Å². The third-order valence-electron chi connectivity index (χ3n) is 0.361. The molecule has 0 saturated carbocycles. The van der Waals surface area contributed by atoms with E-state index < -0.39 is 5.69 Å². The Morgan fingerprint density at radius 1 is 1.67 bits per heavy atom. The number of hydrogen-bond donors (Lipinski definition) is 2. The van der Waals surface area contributed by atoms with Gasteiger partial charge >= 0.3 is 0 Å². The quantitative estimate of drug-likeness (QED) is 0.432. The molecule has 0 aromatic rings. The Balaban J connectivity index is 0. The monoisotopic (exact) mass is 228 g/mol. The predicted molar refractivity (Wildman–Crippen MR) is 41.4 cm³/mol. The smallest absolute Gasteiger partial charge is 0.242 e. The summed E-state index contributed by atoms with van der Waals surface area (Å²) in [6, 6.07) is 0. The molecule has 0 aliphatic carbocycles. The molecule has 0 rings (SSSR count). The Morgan fingerprint density at radius 2 is 2.11 bits per heavy atom. The van der Waals surface area contributed by atoms with Gasteiger partial charge in [-0.15, -0.1) is 6.58 Å². The van der Waals surface area contributed by atoms with E-state index in [1.165, 1.54) is 0 Å². The average molecular weight is 229 g/mol. The molecule has 2 nitrogen and oxygen atoms in total. The Labute approximate surface area is 73.6 Å². The molecule has 0 bridgehead atoms. The molecule has 0 aromatic carbocycles. The van der Waals surface area contributed by atoms with E-state index >= 15 is 0 Å². The summed E-state index contributed by atoms with van der Waals surface area (Å²) in [6.07, 6.45) is 1.58. The zero-order valence-electron chi connectivity index (χ0n) is 4.47. The van der Waals surface area contributed by atoms with E-state index in [9.17, 15) is 0 Å². The van der Waals surface area contributed by atoms with Crippen molar-refractivity contribution < 1.29 is 26.3 Å². The van der Waals surface area contributed by atoms with Crippen LogP contribution in [0.1, 0.15) is 0 Å². The van der Waals surface area contributed by atoms with Crippen LogP contribution in [0.4, 0.5) is 0 Å². The second-order valence-electron chi connectivity index (χ2n) is 1.08. The third-order valence-corrected chi connectivity index (χ3v) is 3.49. The van der Waals surface area contributed by atoms with Crippen LogP contribution in [-0.2, 0) is 28.3 Å². The van der Waals surface area contributed by atoms with Crippen molar-refractivity contribution in [3.05, 3.63) is 12.7 Å². The van der Waals surface area contributed by atoms with E-state index in [1.807, 2.05) is 0 Å². The van der Waals surface area contributed by atoms with Gasteiger partial charge in [0, 0.05) is 22.2 Å². The van der Waals surface area contributed by atoms with Gasteiger partial charge in [0.15, 0.2) is 0 Å². The maximum Gasteiger partial charge on any atom is 0.242 e. The molecule has 0 heterocycles. The van der Waals surface area contributed by atoms with Gasteiger partial charge in [0.05, 0.1) is 0 Å². The molecule has 0 unspecified atom stereocenters. The molecule has 58 valence electrons. The minimum Gasteiger partial charge on any atom is -0.338 e. The summed E-state index contributed by atoms with van der Waals surface area (Å²) >= 11 is 5.24. The van der Waals surface area contributed by atoms with Crippen molar-refractivity contribution in [3.63, 3.8) is 0 Å². The van der Waals surface area contributed by atoms with Crippen molar-refractivity contribution in [2.45, 2.75) is 0 Å². The van der Waals surface area contributed by atoms with E-state index in [4.69, 9.17) is 9.79 Å². The van der Waals surface area contributed by atoms with Crippen molar-refractivity contribution >= 4 is 28.9 Å². The molecule has 2 N–H and O–H groups in total. The Hall–Kier alpha value is 1.15. The van der Waals surface area contributed by atoms with Crippen molar-refractivity contribution in [1.29, 1.82) is 0 Å². The molecular weight excluding hydrogens is 222 g/mol. The number of hydrogen-bond acceptors (Lipinski definition) is 2. The molecule has 9 heavy (non-hydrogen) atoms. The van der Waals surface area contributed by atoms with Gasteiger partial charge < -0.3 is 9.79 Å². The number of rotatable bonds is 3. The summed E-state index contributed by atoms with van der Waals surface area (Å²) in [5.74, 6) is 0.504. The van der Waals surface area contributed by atoms with Gasteiger partial charge in [0.2, 0.25) is 5.69 Å². The molecule has 0 saturated heterocycles. The van der Waals surface area contributed by atoms with E-state index in [2.05, 4.69) is 18.4 Å². The average Bonchev–Trinajstić information content (AvgIpc) is 1.59.